The monoisotopic (exact) mass is 282 g/mol. The summed E-state index contributed by atoms with van der Waals surface area (Å²) in [7, 11) is 0. The standard InChI is InChI=1S/C16H15FN4/c1-2-11-6-8-12(9-7-11)15-16(18)21(20-19-15)14-5-3-4-13(17)10-14/h3-10H,2,18H2,1H3. The van der Waals surface area contributed by atoms with E-state index in [-0.39, 0.29) is 5.82 Å². The fraction of sp³-hybridized carbons (Fsp3) is 0.125. The van der Waals surface area contributed by atoms with E-state index in [0.29, 0.717) is 17.2 Å². The molecule has 3 rings (SSSR count). The van der Waals surface area contributed by atoms with Crippen LogP contribution in [0.4, 0.5) is 10.2 Å². The minimum Gasteiger partial charge on any atom is -0.382 e. The maximum absolute atomic E-state index is 13.3. The zero-order valence-corrected chi connectivity index (χ0v) is 11.6. The maximum Gasteiger partial charge on any atom is 0.155 e. The van der Waals surface area contributed by atoms with Gasteiger partial charge in [0.15, 0.2) is 5.82 Å². The van der Waals surface area contributed by atoms with Gasteiger partial charge in [0.25, 0.3) is 0 Å². The Bertz CT molecular complexity index is 762. The second kappa shape index (κ2) is 5.36. The van der Waals surface area contributed by atoms with E-state index in [0.717, 1.165) is 12.0 Å². The molecule has 0 unspecified atom stereocenters. The Morgan fingerprint density at radius 2 is 1.90 bits per heavy atom. The summed E-state index contributed by atoms with van der Waals surface area (Å²) in [5.41, 5.74) is 9.40. The van der Waals surface area contributed by atoms with Gasteiger partial charge in [0.1, 0.15) is 11.5 Å². The summed E-state index contributed by atoms with van der Waals surface area (Å²) >= 11 is 0. The van der Waals surface area contributed by atoms with Crippen LogP contribution in [-0.4, -0.2) is 15.0 Å². The highest BCUT2D eigenvalue weighted by molar-refractivity contribution is 5.71. The zero-order chi connectivity index (χ0) is 14.8. The molecule has 0 atom stereocenters. The molecule has 0 saturated heterocycles. The Balaban J connectivity index is 2.02. The molecule has 0 amide bonds. The average Bonchev–Trinajstić information content (AvgIpc) is 2.89. The fourth-order valence-corrected chi connectivity index (χ4v) is 2.19. The first-order chi connectivity index (χ1) is 10.2. The summed E-state index contributed by atoms with van der Waals surface area (Å²) in [5, 5.41) is 8.13. The predicted octanol–water partition coefficient (Wildman–Crippen LogP) is 3.22. The molecular formula is C16H15FN4. The third kappa shape index (κ3) is 2.50. The predicted molar refractivity (Wildman–Crippen MR) is 80.5 cm³/mol. The van der Waals surface area contributed by atoms with E-state index in [1.807, 2.05) is 24.3 Å². The summed E-state index contributed by atoms with van der Waals surface area (Å²) in [6, 6.07) is 14.1. The van der Waals surface area contributed by atoms with Crippen molar-refractivity contribution in [3.63, 3.8) is 0 Å². The van der Waals surface area contributed by atoms with Crippen molar-refractivity contribution in [2.75, 3.05) is 5.73 Å². The minimum absolute atomic E-state index is 0.337. The molecule has 0 aliphatic heterocycles. The number of nitrogen functional groups attached to an aromatic ring is 1. The second-order valence-corrected chi connectivity index (χ2v) is 4.77. The van der Waals surface area contributed by atoms with Crippen molar-refractivity contribution in [2.24, 2.45) is 0 Å². The minimum atomic E-state index is -0.337. The van der Waals surface area contributed by atoms with Gasteiger partial charge in [0.2, 0.25) is 0 Å². The van der Waals surface area contributed by atoms with Crippen molar-refractivity contribution in [3.05, 3.63) is 59.9 Å². The first-order valence-electron chi connectivity index (χ1n) is 6.75. The van der Waals surface area contributed by atoms with E-state index in [4.69, 9.17) is 5.73 Å². The Morgan fingerprint density at radius 3 is 2.57 bits per heavy atom. The summed E-state index contributed by atoms with van der Waals surface area (Å²) in [5.74, 6) is 0.0566. The van der Waals surface area contributed by atoms with Crippen molar-refractivity contribution in [2.45, 2.75) is 13.3 Å². The van der Waals surface area contributed by atoms with E-state index < -0.39 is 0 Å². The molecule has 0 fully saturated rings. The van der Waals surface area contributed by atoms with Gasteiger partial charge in [-0.25, -0.2) is 4.39 Å². The largest absolute Gasteiger partial charge is 0.382 e. The lowest BCUT2D eigenvalue weighted by Gasteiger charge is -2.04. The molecule has 1 aromatic heterocycles. The van der Waals surface area contributed by atoms with Gasteiger partial charge in [-0.15, -0.1) is 5.10 Å². The van der Waals surface area contributed by atoms with E-state index in [2.05, 4.69) is 17.2 Å². The molecule has 2 aromatic carbocycles. The number of hydrogen-bond donors (Lipinski definition) is 1. The van der Waals surface area contributed by atoms with Crippen LogP contribution < -0.4 is 5.73 Å². The number of nitrogens with zero attached hydrogens (tertiary/aromatic N) is 3. The van der Waals surface area contributed by atoms with Gasteiger partial charge in [-0.05, 0) is 30.2 Å². The smallest absolute Gasteiger partial charge is 0.155 e. The lowest BCUT2D eigenvalue weighted by Crippen LogP contribution is -2.02. The van der Waals surface area contributed by atoms with E-state index >= 15 is 0 Å². The van der Waals surface area contributed by atoms with Gasteiger partial charge in [-0.3, -0.25) is 0 Å². The number of nitrogens with two attached hydrogens (primary N) is 1. The molecule has 1 heterocycles. The first kappa shape index (κ1) is 13.3. The van der Waals surface area contributed by atoms with Gasteiger partial charge in [0, 0.05) is 5.56 Å². The van der Waals surface area contributed by atoms with E-state index in [1.165, 1.54) is 22.4 Å². The lowest BCUT2D eigenvalue weighted by molar-refractivity contribution is 0.625. The van der Waals surface area contributed by atoms with Crippen LogP contribution in [0.5, 0.6) is 0 Å². The molecule has 2 N–H and O–H groups in total. The van der Waals surface area contributed by atoms with E-state index in [1.54, 1.807) is 12.1 Å². The summed E-state index contributed by atoms with van der Waals surface area (Å²) in [6.07, 6.45) is 0.978. The number of aromatic nitrogens is 3. The molecule has 3 aromatic rings. The van der Waals surface area contributed by atoms with Crippen molar-refractivity contribution in [1.29, 1.82) is 0 Å². The first-order valence-corrected chi connectivity index (χ1v) is 6.75. The van der Waals surface area contributed by atoms with Gasteiger partial charge < -0.3 is 5.73 Å². The highest BCUT2D eigenvalue weighted by Gasteiger charge is 2.13. The summed E-state index contributed by atoms with van der Waals surface area (Å²) in [4.78, 5) is 0. The second-order valence-electron chi connectivity index (χ2n) is 4.77. The molecule has 0 saturated carbocycles. The molecular weight excluding hydrogens is 267 g/mol. The van der Waals surface area contributed by atoms with Gasteiger partial charge in [0.05, 0.1) is 5.69 Å². The Labute approximate surface area is 122 Å². The van der Waals surface area contributed by atoms with Crippen molar-refractivity contribution < 1.29 is 4.39 Å². The molecule has 0 aliphatic carbocycles. The molecule has 0 radical (unpaired) electrons. The van der Waals surface area contributed by atoms with Crippen LogP contribution in [0.3, 0.4) is 0 Å². The van der Waals surface area contributed by atoms with Gasteiger partial charge in [-0.2, -0.15) is 4.68 Å². The summed E-state index contributed by atoms with van der Waals surface area (Å²) < 4.78 is 14.7. The number of aryl methyl sites for hydroxylation is 1. The molecule has 4 nitrogen and oxygen atoms in total. The van der Waals surface area contributed by atoms with Crippen LogP contribution in [0, 0.1) is 5.82 Å². The molecule has 0 spiro atoms. The Kier molecular flexibility index (Phi) is 3.39. The van der Waals surface area contributed by atoms with Crippen molar-refractivity contribution >= 4 is 5.82 Å². The number of anilines is 1. The van der Waals surface area contributed by atoms with Crippen LogP contribution >= 0.6 is 0 Å². The Morgan fingerprint density at radius 1 is 1.14 bits per heavy atom. The SMILES string of the molecule is CCc1ccc(-c2nnn(-c3cccc(F)c3)c2N)cc1. The van der Waals surface area contributed by atoms with E-state index in [9.17, 15) is 4.39 Å². The molecule has 106 valence electrons. The quantitative estimate of drug-likeness (QED) is 0.802. The van der Waals surface area contributed by atoms with Gasteiger partial charge >= 0.3 is 0 Å². The number of halogens is 1. The normalized spacial score (nSPS) is 10.8. The fourth-order valence-electron chi connectivity index (χ4n) is 2.19. The highest BCUT2D eigenvalue weighted by atomic mass is 19.1. The van der Waals surface area contributed by atoms with Crippen molar-refractivity contribution in [3.8, 4) is 16.9 Å². The van der Waals surface area contributed by atoms with Gasteiger partial charge in [-0.1, -0.05) is 42.5 Å². The van der Waals surface area contributed by atoms with Crippen LogP contribution in [-0.2, 0) is 6.42 Å². The topological polar surface area (TPSA) is 56.7 Å². The zero-order valence-electron chi connectivity index (χ0n) is 11.6. The average molecular weight is 282 g/mol. The molecule has 0 aliphatic rings. The number of rotatable bonds is 3. The van der Waals surface area contributed by atoms with Crippen LogP contribution in [0.25, 0.3) is 16.9 Å². The summed E-state index contributed by atoms with van der Waals surface area (Å²) in [6.45, 7) is 2.10. The molecule has 21 heavy (non-hydrogen) atoms. The Hall–Kier alpha value is -2.69. The number of benzene rings is 2. The van der Waals surface area contributed by atoms with Crippen LogP contribution in [0.2, 0.25) is 0 Å². The highest BCUT2D eigenvalue weighted by Crippen LogP contribution is 2.25. The molecule has 5 heteroatoms. The maximum atomic E-state index is 13.3. The van der Waals surface area contributed by atoms with Crippen molar-refractivity contribution in [1.82, 2.24) is 15.0 Å². The molecule has 0 bridgehead atoms. The van der Waals surface area contributed by atoms with Crippen LogP contribution in [0.1, 0.15) is 12.5 Å². The number of hydrogen-bond acceptors (Lipinski definition) is 3. The third-order valence-electron chi connectivity index (χ3n) is 3.39. The third-order valence-corrected chi connectivity index (χ3v) is 3.39. The lowest BCUT2D eigenvalue weighted by atomic mass is 10.1. The van der Waals surface area contributed by atoms with Crippen LogP contribution in [0.15, 0.2) is 48.5 Å².